The second kappa shape index (κ2) is 8.95. The molecule has 0 saturated carbocycles. The molecular formula is C15H24ClN3O. The normalized spacial score (nSPS) is 15.8. The molecule has 1 fully saturated rings. The second-order valence-corrected chi connectivity index (χ2v) is 5.00. The van der Waals surface area contributed by atoms with Crippen LogP contribution in [0.15, 0.2) is 30.3 Å². The molecule has 0 radical (unpaired) electrons. The average Bonchev–Trinajstić information content (AvgIpc) is 2.47. The van der Waals surface area contributed by atoms with Gasteiger partial charge in [-0.25, -0.2) is 0 Å². The van der Waals surface area contributed by atoms with Gasteiger partial charge in [0.05, 0.1) is 0 Å². The number of halogens is 1. The van der Waals surface area contributed by atoms with Gasteiger partial charge in [-0.05, 0) is 12.0 Å². The van der Waals surface area contributed by atoms with Gasteiger partial charge in [-0.2, -0.15) is 0 Å². The van der Waals surface area contributed by atoms with Gasteiger partial charge in [0.1, 0.15) is 0 Å². The molecule has 0 spiro atoms. The lowest BCUT2D eigenvalue weighted by Gasteiger charge is -2.34. The summed E-state index contributed by atoms with van der Waals surface area (Å²) in [6.07, 6.45) is 1.56. The third-order valence-electron chi connectivity index (χ3n) is 3.64. The number of nitrogens with two attached hydrogens (primary N) is 1. The van der Waals surface area contributed by atoms with Crippen molar-refractivity contribution in [3.8, 4) is 0 Å². The van der Waals surface area contributed by atoms with Crippen molar-refractivity contribution in [2.45, 2.75) is 12.8 Å². The average molecular weight is 298 g/mol. The summed E-state index contributed by atoms with van der Waals surface area (Å²) in [4.78, 5) is 16.1. The van der Waals surface area contributed by atoms with E-state index in [1.54, 1.807) is 0 Å². The van der Waals surface area contributed by atoms with E-state index in [1.165, 1.54) is 5.56 Å². The molecule has 1 aliphatic heterocycles. The van der Waals surface area contributed by atoms with E-state index >= 15 is 0 Å². The highest BCUT2D eigenvalue weighted by molar-refractivity contribution is 5.85. The van der Waals surface area contributed by atoms with Crippen LogP contribution >= 0.6 is 12.4 Å². The van der Waals surface area contributed by atoms with Crippen LogP contribution in [0.3, 0.4) is 0 Å². The summed E-state index contributed by atoms with van der Waals surface area (Å²) in [6.45, 7) is 5.16. The van der Waals surface area contributed by atoms with Crippen LogP contribution in [0.1, 0.15) is 12.0 Å². The van der Waals surface area contributed by atoms with E-state index < -0.39 is 0 Å². The Balaban J connectivity index is 0.00000200. The Kier molecular flexibility index (Phi) is 7.59. The number of carbonyl (C=O) groups excluding carboxylic acids is 1. The van der Waals surface area contributed by atoms with Crippen LogP contribution in [-0.4, -0.2) is 55.0 Å². The first-order chi connectivity index (χ1) is 9.29. The van der Waals surface area contributed by atoms with Crippen LogP contribution in [0, 0.1) is 0 Å². The summed E-state index contributed by atoms with van der Waals surface area (Å²) >= 11 is 0. The molecule has 0 aliphatic carbocycles. The molecule has 0 aromatic heterocycles. The van der Waals surface area contributed by atoms with Crippen molar-refractivity contribution in [3.05, 3.63) is 35.9 Å². The van der Waals surface area contributed by atoms with Crippen molar-refractivity contribution in [1.29, 1.82) is 0 Å². The summed E-state index contributed by atoms with van der Waals surface area (Å²) in [7, 11) is 0. The quantitative estimate of drug-likeness (QED) is 0.887. The first-order valence-corrected chi connectivity index (χ1v) is 7.03. The topological polar surface area (TPSA) is 49.6 Å². The van der Waals surface area contributed by atoms with E-state index in [2.05, 4.69) is 29.2 Å². The number of benzene rings is 1. The number of piperazine rings is 1. The smallest absolute Gasteiger partial charge is 0.223 e. The fraction of sp³-hybridized carbons (Fsp3) is 0.533. The zero-order valence-electron chi connectivity index (χ0n) is 11.8. The van der Waals surface area contributed by atoms with E-state index in [1.807, 2.05) is 11.0 Å². The first-order valence-electron chi connectivity index (χ1n) is 7.03. The zero-order chi connectivity index (χ0) is 13.5. The predicted octanol–water partition coefficient (Wildman–Crippen LogP) is 1.14. The Morgan fingerprint density at radius 1 is 1.10 bits per heavy atom. The summed E-state index contributed by atoms with van der Waals surface area (Å²) in [5.74, 6) is 0.199. The van der Waals surface area contributed by atoms with Gasteiger partial charge in [-0.1, -0.05) is 30.3 Å². The third-order valence-corrected chi connectivity index (χ3v) is 3.64. The molecule has 1 aliphatic rings. The van der Waals surface area contributed by atoms with Crippen LogP contribution in [0.2, 0.25) is 0 Å². The van der Waals surface area contributed by atoms with E-state index in [-0.39, 0.29) is 18.3 Å². The van der Waals surface area contributed by atoms with Gasteiger partial charge in [0.2, 0.25) is 5.91 Å². The molecule has 1 amide bonds. The van der Waals surface area contributed by atoms with E-state index in [9.17, 15) is 4.79 Å². The first kappa shape index (κ1) is 17.0. The molecule has 1 saturated heterocycles. The minimum atomic E-state index is 0. The maximum atomic E-state index is 11.7. The number of carbonyl (C=O) groups is 1. The largest absolute Gasteiger partial charge is 0.340 e. The number of nitrogens with zero attached hydrogens (tertiary/aromatic N) is 2. The van der Waals surface area contributed by atoms with Gasteiger partial charge in [-0.3, -0.25) is 9.69 Å². The van der Waals surface area contributed by atoms with Crippen molar-refractivity contribution in [3.63, 3.8) is 0 Å². The maximum Gasteiger partial charge on any atom is 0.223 e. The van der Waals surface area contributed by atoms with E-state index in [4.69, 9.17) is 5.73 Å². The summed E-state index contributed by atoms with van der Waals surface area (Å²) in [6, 6.07) is 10.5. The minimum Gasteiger partial charge on any atom is -0.340 e. The Bertz CT molecular complexity index is 391. The molecule has 5 heteroatoms. The van der Waals surface area contributed by atoms with Crippen molar-refractivity contribution in [1.82, 2.24) is 9.80 Å². The Labute approximate surface area is 127 Å². The van der Waals surface area contributed by atoms with E-state index in [0.29, 0.717) is 13.0 Å². The van der Waals surface area contributed by atoms with Gasteiger partial charge in [-0.15, -0.1) is 12.4 Å². The number of hydrogen-bond acceptors (Lipinski definition) is 3. The molecular weight excluding hydrogens is 274 g/mol. The van der Waals surface area contributed by atoms with Gasteiger partial charge < -0.3 is 10.6 Å². The fourth-order valence-electron chi connectivity index (χ4n) is 2.43. The second-order valence-electron chi connectivity index (χ2n) is 5.00. The van der Waals surface area contributed by atoms with Crippen molar-refractivity contribution < 1.29 is 4.79 Å². The van der Waals surface area contributed by atoms with Crippen LogP contribution in [0.25, 0.3) is 0 Å². The molecule has 20 heavy (non-hydrogen) atoms. The molecule has 4 nitrogen and oxygen atoms in total. The van der Waals surface area contributed by atoms with Crippen molar-refractivity contribution in [2.24, 2.45) is 5.73 Å². The molecule has 0 bridgehead atoms. The maximum absolute atomic E-state index is 11.7. The van der Waals surface area contributed by atoms with Crippen LogP contribution in [-0.2, 0) is 11.2 Å². The molecule has 0 atom stereocenters. The highest BCUT2D eigenvalue weighted by Crippen LogP contribution is 2.06. The molecule has 1 heterocycles. The lowest BCUT2D eigenvalue weighted by molar-refractivity contribution is -0.132. The monoisotopic (exact) mass is 297 g/mol. The highest BCUT2D eigenvalue weighted by Gasteiger charge is 2.19. The number of hydrogen-bond donors (Lipinski definition) is 1. The Morgan fingerprint density at radius 3 is 2.35 bits per heavy atom. The lowest BCUT2D eigenvalue weighted by atomic mass is 10.1. The van der Waals surface area contributed by atoms with Gasteiger partial charge in [0.25, 0.3) is 0 Å². The molecule has 2 N–H and O–H groups in total. The SMILES string of the molecule is Cl.NCCC(=O)N1CCN(CCc2ccccc2)CC1. The summed E-state index contributed by atoms with van der Waals surface area (Å²) < 4.78 is 0. The third kappa shape index (κ3) is 5.12. The van der Waals surface area contributed by atoms with Crippen LogP contribution in [0.4, 0.5) is 0 Å². The predicted molar refractivity (Wildman–Crippen MR) is 84.1 cm³/mol. The highest BCUT2D eigenvalue weighted by atomic mass is 35.5. The van der Waals surface area contributed by atoms with Crippen molar-refractivity contribution >= 4 is 18.3 Å². The van der Waals surface area contributed by atoms with Gasteiger partial charge in [0.15, 0.2) is 0 Å². The zero-order valence-corrected chi connectivity index (χ0v) is 12.6. The summed E-state index contributed by atoms with van der Waals surface area (Å²) in [5.41, 5.74) is 6.80. The minimum absolute atomic E-state index is 0. The number of amides is 1. The van der Waals surface area contributed by atoms with E-state index in [0.717, 1.165) is 39.1 Å². The molecule has 112 valence electrons. The van der Waals surface area contributed by atoms with Crippen molar-refractivity contribution in [2.75, 3.05) is 39.3 Å². The van der Waals surface area contributed by atoms with Gasteiger partial charge in [0, 0.05) is 45.7 Å². The molecule has 1 aromatic rings. The fourth-order valence-corrected chi connectivity index (χ4v) is 2.43. The molecule has 1 aromatic carbocycles. The number of rotatable bonds is 5. The summed E-state index contributed by atoms with van der Waals surface area (Å²) in [5, 5.41) is 0. The van der Waals surface area contributed by atoms with Crippen LogP contribution < -0.4 is 5.73 Å². The lowest BCUT2D eigenvalue weighted by Crippen LogP contribution is -2.49. The van der Waals surface area contributed by atoms with Gasteiger partial charge >= 0.3 is 0 Å². The van der Waals surface area contributed by atoms with Crippen LogP contribution in [0.5, 0.6) is 0 Å². The molecule has 0 unspecified atom stereocenters. The Hall–Kier alpha value is -1.10. The standard InChI is InChI=1S/C15H23N3O.ClH/c16-8-6-15(19)18-12-10-17(11-13-18)9-7-14-4-2-1-3-5-14;/h1-5H,6-13,16H2;1H. The molecule has 2 rings (SSSR count). The Morgan fingerprint density at radius 2 is 1.75 bits per heavy atom.